The van der Waals surface area contributed by atoms with Gasteiger partial charge < -0.3 is 15.2 Å². The predicted octanol–water partition coefficient (Wildman–Crippen LogP) is 1.34. The molecule has 0 fully saturated rings. The Morgan fingerprint density at radius 1 is 1.65 bits per heavy atom. The summed E-state index contributed by atoms with van der Waals surface area (Å²) in [6, 6.07) is 3.08. The SMILES string of the molecule is COCCC(Nc1nc2c(cc1C#N)CCC2)C(=O)O. The summed E-state index contributed by atoms with van der Waals surface area (Å²) in [7, 11) is 1.52. The normalized spacial score (nSPS) is 14.4. The number of nitriles is 1. The van der Waals surface area contributed by atoms with Crippen LogP contribution in [0, 0.1) is 11.3 Å². The number of anilines is 1. The number of aryl methyl sites for hydroxylation is 2. The van der Waals surface area contributed by atoms with Crippen molar-refractivity contribution in [1.82, 2.24) is 4.98 Å². The first-order valence-electron chi connectivity index (χ1n) is 6.57. The van der Waals surface area contributed by atoms with Crippen molar-refractivity contribution in [3.05, 3.63) is 22.9 Å². The number of aliphatic carboxylic acids is 1. The minimum Gasteiger partial charge on any atom is -0.480 e. The van der Waals surface area contributed by atoms with Gasteiger partial charge in [0.05, 0.1) is 5.56 Å². The minimum atomic E-state index is -0.978. The van der Waals surface area contributed by atoms with E-state index in [0.717, 1.165) is 30.5 Å². The fourth-order valence-electron chi connectivity index (χ4n) is 2.33. The van der Waals surface area contributed by atoms with E-state index in [2.05, 4.69) is 16.4 Å². The molecule has 0 saturated carbocycles. The number of carboxylic acid groups (broad SMARTS) is 1. The Morgan fingerprint density at radius 2 is 2.45 bits per heavy atom. The van der Waals surface area contributed by atoms with Crippen molar-refractivity contribution in [2.45, 2.75) is 31.7 Å². The van der Waals surface area contributed by atoms with Crippen molar-refractivity contribution in [1.29, 1.82) is 5.26 Å². The fraction of sp³-hybridized carbons (Fsp3) is 0.500. The average Bonchev–Trinajstić information content (AvgIpc) is 2.89. The molecule has 1 atom stereocenters. The maximum atomic E-state index is 11.2. The Balaban J connectivity index is 2.23. The smallest absolute Gasteiger partial charge is 0.326 e. The van der Waals surface area contributed by atoms with E-state index in [1.54, 1.807) is 0 Å². The zero-order chi connectivity index (χ0) is 14.5. The second-order valence-electron chi connectivity index (χ2n) is 4.77. The molecule has 2 rings (SSSR count). The minimum absolute atomic E-state index is 0.315. The Kier molecular flexibility index (Phi) is 4.53. The number of ether oxygens (including phenoxy) is 1. The van der Waals surface area contributed by atoms with Gasteiger partial charge in [-0.2, -0.15) is 5.26 Å². The van der Waals surface area contributed by atoms with Gasteiger partial charge in [-0.05, 0) is 30.9 Å². The lowest BCUT2D eigenvalue weighted by Crippen LogP contribution is -2.31. The highest BCUT2D eigenvalue weighted by atomic mass is 16.5. The van der Waals surface area contributed by atoms with Crippen molar-refractivity contribution in [3.8, 4) is 6.07 Å². The molecular weight excluding hydrogens is 258 g/mol. The van der Waals surface area contributed by atoms with Crippen LogP contribution in [0.3, 0.4) is 0 Å². The van der Waals surface area contributed by atoms with Gasteiger partial charge in [-0.15, -0.1) is 0 Å². The third-order valence-electron chi connectivity index (χ3n) is 3.39. The molecule has 6 nitrogen and oxygen atoms in total. The standard InChI is InChI=1S/C14H17N3O3/c1-20-6-5-12(14(18)19)17-13-10(8-15)7-9-3-2-4-11(9)16-13/h7,12H,2-6H2,1H3,(H,16,17)(H,18,19). The topological polar surface area (TPSA) is 95.2 Å². The predicted molar refractivity (Wildman–Crippen MR) is 72.5 cm³/mol. The van der Waals surface area contributed by atoms with Gasteiger partial charge in [0, 0.05) is 25.8 Å². The number of pyridine rings is 1. The molecule has 0 aliphatic heterocycles. The number of hydrogen-bond acceptors (Lipinski definition) is 5. The third-order valence-corrected chi connectivity index (χ3v) is 3.39. The van der Waals surface area contributed by atoms with Gasteiger partial charge in [0.2, 0.25) is 0 Å². The van der Waals surface area contributed by atoms with Crippen molar-refractivity contribution < 1.29 is 14.6 Å². The van der Waals surface area contributed by atoms with Crippen molar-refractivity contribution in [2.24, 2.45) is 0 Å². The molecule has 0 radical (unpaired) electrons. The molecule has 2 N–H and O–H groups in total. The molecule has 6 heteroatoms. The maximum absolute atomic E-state index is 11.2. The molecule has 0 saturated heterocycles. The van der Waals surface area contributed by atoms with E-state index in [1.807, 2.05) is 6.07 Å². The number of aromatic nitrogens is 1. The van der Waals surface area contributed by atoms with Crippen LogP contribution in [0.1, 0.15) is 29.7 Å². The monoisotopic (exact) mass is 275 g/mol. The Morgan fingerprint density at radius 3 is 3.10 bits per heavy atom. The zero-order valence-corrected chi connectivity index (χ0v) is 11.3. The summed E-state index contributed by atoms with van der Waals surface area (Å²) in [5, 5.41) is 21.2. The number of methoxy groups -OCH3 is 1. The van der Waals surface area contributed by atoms with E-state index < -0.39 is 12.0 Å². The first kappa shape index (κ1) is 14.3. The van der Waals surface area contributed by atoms with Crippen molar-refractivity contribution in [3.63, 3.8) is 0 Å². The van der Waals surface area contributed by atoms with Gasteiger partial charge in [-0.1, -0.05) is 0 Å². The molecule has 1 heterocycles. The van der Waals surface area contributed by atoms with Crippen LogP contribution >= 0.6 is 0 Å². The number of nitrogens with zero attached hydrogens (tertiary/aromatic N) is 2. The molecule has 1 aromatic rings. The first-order valence-corrected chi connectivity index (χ1v) is 6.57. The number of nitrogens with one attached hydrogen (secondary N) is 1. The summed E-state index contributed by atoms with van der Waals surface area (Å²) in [6.07, 6.45) is 3.16. The van der Waals surface area contributed by atoms with Crippen LogP contribution in [-0.2, 0) is 22.4 Å². The van der Waals surface area contributed by atoms with E-state index in [0.29, 0.717) is 24.4 Å². The third kappa shape index (κ3) is 3.06. The lowest BCUT2D eigenvalue weighted by atomic mass is 10.1. The molecule has 1 aromatic heterocycles. The van der Waals surface area contributed by atoms with Crippen LogP contribution in [-0.4, -0.2) is 35.8 Å². The first-order chi connectivity index (χ1) is 9.65. The van der Waals surface area contributed by atoms with E-state index in [-0.39, 0.29) is 0 Å². The number of carboxylic acids is 1. The Bertz CT molecular complexity index is 551. The molecule has 0 aromatic carbocycles. The lowest BCUT2D eigenvalue weighted by molar-refractivity contribution is -0.138. The molecule has 0 spiro atoms. The number of carbonyl (C=O) groups is 1. The van der Waals surface area contributed by atoms with Crippen LogP contribution < -0.4 is 5.32 Å². The fourth-order valence-corrected chi connectivity index (χ4v) is 2.33. The van der Waals surface area contributed by atoms with Crippen molar-refractivity contribution in [2.75, 3.05) is 19.0 Å². The van der Waals surface area contributed by atoms with E-state index >= 15 is 0 Å². The summed E-state index contributed by atoms with van der Waals surface area (Å²) in [5.41, 5.74) is 2.45. The average molecular weight is 275 g/mol. The summed E-state index contributed by atoms with van der Waals surface area (Å²) in [6.45, 7) is 0.330. The molecule has 0 amide bonds. The molecular formula is C14H17N3O3. The highest BCUT2D eigenvalue weighted by Crippen LogP contribution is 2.25. The van der Waals surface area contributed by atoms with Crippen LogP contribution in [0.25, 0.3) is 0 Å². The summed E-state index contributed by atoms with van der Waals surface area (Å²) < 4.78 is 4.90. The summed E-state index contributed by atoms with van der Waals surface area (Å²) >= 11 is 0. The Labute approximate surface area is 117 Å². The molecule has 106 valence electrons. The Hall–Kier alpha value is -2.13. The van der Waals surface area contributed by atoms with Gasteiger partial charge in [-0.25, -0.2) is 9.78 Å². The largest absolute Gasteiger partial charge is 0.480 e. The van der Waals surface area contributed by atoms with Gasteiger partial charge in [-0.3, -0.25) is 0 Å². The van der Waals surface area contributed by atoms with Crippen LogP contribution in [0.15, 0.2) is 6.07 Å². The molecule has 20 heavy (non-hydrogen) atoms. The summed E-state index contributed by atoms with van der Waals surface area (Å²) in [4.78, 5) is 15.6. The van der Waals surface area contributed by atoms with Crippen LogP contribution in [0.4, 0.5) is 5.82 Å². The summed E-state index contributed by atoms with van der Waals surface area (Å²) in [5.74, 6) is -0.620. The van der Waals surface area contributed by atoms with Gasteiger partial charge in [0.1, 0.15) is 17.9 Å². The number of fused-ring (bicyclic) bond motifs is 1. The lowest BCUT2D eigenvalue weighted by Gasteiger charge is -2.16. The zero-order valence-electron chi connectivity index (χ0n) is 11.3. The van der Waals surface area contributed by atoms with E-state index in [4.69, 9.17) is 4.74 Å². The van der Waals surface area contributed by atoms with Crippen molar-refractivity contribution >= 4 is 11.8 Å². The van der Waals surface area contributed by atoms with Gasteiger partial charge in [0.25, 0.3) is 0 Å². The van der Waals surface area contributed by atoms with Crippen LogP contribution in [0.5, 0.6) is 0 Å². The molecule has 1 aliphatic carbocycles. The second-order valence-corrected chi connectivity index (χ2v) is 4.77. The van der Waals surface area contributed by atoms with E-state index in [9.17, 15) is 15.2 Å². The quantitative estimate of drug-likeness (QED) is 0.813. The number of rotatable bonds is 6. The maximum Gasteiger partial charge on any atom is 0.326 e. The molecule has 1 aliphatic rings. The second kappa shape index (κ2) is 6.35. The van der Waals surface area contributed by atoms with Gasteiger partial charge in [0.15, 0.2) is 0 Å². The van der Waals surface area contributed by atoms with Gasteiger partial charge >= 0.3 is 5.97 Å². The molecule has 1 unspecified atom stereocenters. The highest BCUT2D eigenvalue weighted by Gasteiger charge is 2.21. The highest BCUT2D eigenvalue weighted by molar-refractivity contribution is 5.77. The van der Waals surface area contributed by atoms with Crippen LogP contribution in [0.2, 0.25) is 0 Å². The van der Waals surface area contributed by atoms with E-state index in [1.165, 1.54) is 7.11 Å². The number of hydrogen-bond donors (Lipinski definition) is 2. The molecule has 0 bridgehead atoms.